The van der Waals surface area contributed by atoms with Crippen LogP contribution in [0.4, 0.5) is 0 Å². The van der Waals surface area contributed by atoms with Crippen LogP contribution in [-0.4, -0.2) is 42.2 Å². The number of likely N-dealkylation sites (tertiary alicyclic amines) is 1. The maximum absolute atomic E-state index is 10.5. The van der Waals surface area contributed by atoms with Crippen molar-refractivity contribution in [3.8, 4) is 5.75 Å². The summed E-state index contributed by atoms with van der Waals surface area (Å²) in [4.78, 5) is 12.9. The van der Waals surface area contributed by atoms with Crippen molar-refractivity contribution in [3.05, 3.63) is 29.8 Å². The molecule has 0 aliphatic carbocycles. The normalized spacial score (nSPS) is 19.8. The number of hydrogen-bond donors (Lipinski definition) is 1. The van der Waals surface area contributed by atoms with E-state index in [0.29, 0.717) is 12.5 Å². The number of benzene rings is 1. The molecular formula is C16H23NO3. The van der Waals surface area contributed by atoms with Gasteiger partial charge in [-0.1, -0.05) is 18.6 Å². The van der Waals surface area contributed by atoms with Crippen LogP contribution in [0.2, 0.25) is 0 Å². The van der Waals surface area contributed by atoms with Gasteiger partial charge in [-0.15, -0.1) is 0 Å². The predicted molar refractivity (Wildman–Crippen MR) is 78.2 cm³/mol. The molecule has 20 heavy (non-hydrogen) atoms. The van der Waals surface area contributed by atoms with Crippen LogP contribution in [0.1, 0.15) is 31.2 Å². The van der Waals surface area contributed by atoms with Gasteiger partial charge in [0.1, 0.15) is 12.4 Å². The largest absolute Gasteiger partial charge is 0.492 e. The molecule has 0 amide bonds. The van der Waals surface area contributed by atoms with Crippen molar-refractivity contribution in [3.63, 3.8) is 0 Å². The third kappa shape index (κ3) is 4.53. The molecular weight excluding hydrogens is 254 g/mol. The van der Waals surface area contributed by atoms with Crippen LogP contribution in [0, 0.1) is 0 Å². The van der Waals surface area contributed by atoms with Crippen LogP contribution in [0.15, 0.2) is 24.3 Å². The van der Waals surface area contributed by atoms with Crippen molar-refractivity contribution in [1.29, 1.82) is 0 Å². The first-order valence-electron chi connectivity index (χ1n) is 7.29. The highest BCUT2D eigenvalue weighted by atomic mass is 16.5. The lowest BCUT2D eigenvalue weighted by Gasteiger charge is -2.32. The fraction of sp³-hybridized carbons (Fsp3) is 0.562. The molecule has 1 aliphatic heterocycles. The van der Waals surface area contributed by atoms with Crippen molar-refractivity contribution in [1.82, 2.24) is 4.90 Å². The molecule has 1 aromatic carbocycles. The van der Waals surface area contributed by atoms with Gasteiger partial charge in [-0.3, -0.25) is 4.79 Å². The van der Waals surface area contributed by atoms with Gasteiger partial charge in [-0.2, -0.15) is 0 Å². The van der Waals surface area contributed by atoms with E-state index in [1.807, 2.05) is 24.3 Å². The first kappa shape index (κ1) is 14.9. The Morgan fingerprint density at radius 1 is 1.35 bits per heavy atom. The Labute approximate surface area is 120 Å². The second kappa shape index (κ2) is 7.29. The first-order chi connectivity index (χ1) is 9.65. The number of likely N-dealkylation sites (N-methyl/N-ethyl adjacent to an activating group) is 1. The molecule has 0 radical (unpaired) electrons. The molecule has 1 unspecified atom stereocenters. The minimum Gasteiger partial charge on any atom is -0.492 e. The number of aryl methyl sites for hydroxylation is 1. The van der Waals surface area contributed by atoms with Gasteiger partial charge in [0, 0.05) is 12.5 Å². The van der Waals surface area contributed by atoms with E-state index in [-0.39, 0.29) is 6.42 Å². The number of hydrogen-bond acceptors (Lipinski definition) is 3. The molecule has 0 bridgehead atoms. The number of nitrogens with zero attached hydrogens (tertiary/aromatic N) is 1. The minimum atomic E-state index is -0.759. The molecule has 1 N–H and O–H groups in total. The summed E-state index contributed by atoms with van der Waals surface area (Å²) in [5.41, 5.74) is 1.04. The van der Waals surface area contributed by atoms with Gasteiger partial charge < -0.3 is 14.7 Å². The number of carboxylic acid groups (broad SMARTS) is 1. The number of aliphatic carboxylic acids is 1. The van der Waals surface area contributed by atoms with Gasteiger partial charge in [0.15, 0.2) is 0 Å². The van der Waals surface area contributed by atoms with Crippen molar-refractivity contribution in [2.45, 2.75) is 38.1 Å². The topological polar surface area (TPSA) is 49.8 Å². The highest BCUT2D eigenvalue weighted by molar-refractivity contribution is 5.67. The minimum absolute atomic E-state index is 0.174. The molecule has 110 valence electrons. The van der Waals surface area contributed by atoms with Crippen molar-refractivity contribution < 1.29 is 14.6 Å². The van der Waals surface area contributed by atoms with Crippen LogP contribution in [-0.2, 0) is 11.2 Å². The summed E-state index contributed by atoms with van der Waals surface area (Å²) < 4.78 is 5.84. The fourth-order valence-electron chi connectivity index (χ4n) is 2.55. The Morgan fingerprint density at radius 2 is 2.10 bits per heavy atom. The molecule has 0 aromatic heterocycles. The second-order valence-corrected chi connectivity index (χ2v) is 5.48. The van der Waals surface area contributed by atoms with Crippen LogP contribution in [0.5, 0.6) is 5.75 Å². The van der Waals surface area contributed by atoms with Crippen LogP contribution in [0.25, 0.3) is 0 Å². The quantitative estimate of drug-likeness (QED) is 0.868. The molecule has 2 rings (SSSR count). The molecule has 0 saturated carbocycles. The summed E-state index contributed by atoms with van der Waals surface area (Å²) in [6, 6.07) is 8.27. The van der Waals surface area contributed by atoms with E-state index in [4.69, 9.17) is 9.84 Å². The highest BCUT2D eigenvalue weighted by Crippen LogP contribution is 2.18. The molecule has 4 nitrogen and oxygen atoms in total. The molecule has 4 heteroatoms. The van der Waals surface area contributed by atoms with Gasteiger partial charge in [0.2, 0.25) is 0 Å². The Hall–Kier alpha value is -1.55. The smallest absolute Gasteiger partial charge is 0.303 e. The average molecular weight is 277 g/mol. The zero-order valence-electron chi connectivity index (χ0n) is 12.0. The van der Waals surface area contributed by atoms with Crippen molar-refractivity contribution in [2.24, 2.45) is 0 Å². The van der Waals surface area contributed by atoms with E-state index in [9.17, 15) is 4.79 Å². The van der Waals surface area contributed by atoms with Gasteiger partial charge in [-0.05, 0) is 50.6 Å². The molecule has 1 aliphatic rings. The summed E-state index contributed by atoms with van der Waals surface area (Å²) in [5.74, 6) is 0.105. The Morgan fingerprint density at radius 3 is 2.75 bits per heavy atom. The molecule has 1 aromatic rings. The monoisotopic (exact) mass is 277 g/mol. The Kier molecular flexibility index (Phi) is 5.41. The molecule has 1 saturated heterocycles. The first-order valence-corrected chi connectivity index (χ1v) is 7.29. The standard InChI is InChI=1S/C16H23NO3/c1-17-11-3-2-4-14(17)12-20-15-8-5-13(6-9-15)7-10-16(18)19/h5-6,8-9,14H,2-4,7,10-12H2,1H3,(H,18,19). The summed E-state index contributed by atoms with van der Waals surface area (Å²) in [6.07, 6.45) is 4.51. The zero-order valence-corrected chi connectivity index (χ0v) is 12.0. The van der Waals surface area contributed by atoms with Crippen LogP contribution >= 0.6 is 0 Å². The maximum atomic E-state index is 10.5. The molecule has 1 fully saturated rings. The van der Waals surface area contributed by atoms with Crippen LogP contribution < -0.4 is 4.74 Å². The van der Waals surface area contributed by atoms with Gasteiger partial charge >= 0.3 is 5.97 Å². The summed E-state index contributed by atoms with van der Waals surface area (Å²) >= 11 is 0. The van der Waals surface area contributed by atoms with Crippen LogP contribution in [0.3, 0.4) is 0 Å². The van der Waals surface area contributed by atoms with Gasteiger partial charge in [0.25, 0.3) is 0 Å². The van der Waals surface area contributed by atoms with E-state index in [1.165, 1.54) is 19.3 Å². The van der Waals surface area contributed by atoms with E-state index >= 15 is 0 Å². The van der Waals surface area contributed by atoms with E-state index < -0.39 is 5.97 Å². The Bertz CT molecular complexity index is 430. The third-order valence-corrected chi connectivity index (χ3v) is 3.91. The number of carbonyl (C=O) groups is 1. The number of rotatable bonds is 6. The number of ether oxygens (including phenoxy) is 1. The maximum Gasteiger partial charge on any atom is 0.303 e. The molecule has 1 atom stereocenters. The van der Waals surface area contributed by atoms with Gasteiger partial charge in [-0.25, -0.2) is 0 Å². The van der Waals surface area contributed by atoms with E-state index in [2.05, 4.69) is 11.9 Å². The summed E-state index contributed by atoms with van der Waals surface area (Å²) in [7, 11) is 2.15. The van der Waals surface area contributed by atoms with Gasteiger partial charge in [0.05, 0.1) is 0 Å². The average Bonchev–Trinajstić information content (AvgIpc) is 2.45. The van der Waals surface area contributed by atoms with Crippen molar-refractivity contribution in [2.75, 3.05) is 20.2 Å². The third-order valence-electron chi connectivity index (χ3n) is 3.91. The lowest BCUT2D eigenvalue weighted by atomic mass is 10.0. The summed E-state index contributed by atoms with van der Waals surface area (Å²) in [5, 5.41) is 8.65. The van der Waals surface area contributed by atoms with E-state index in [0.717, 1.165) is 24.5 Å². The molecule has 1 heterocycles. The fourth-order valence-corrected chi connectivity index (χ4v) is 2.55. The number of carboxylic acids is 1. The summed E-state index contributed by atoms with van der Waals surface area (Å²) in [6.45, 7) is 1.88. The molecule has 0 spiro atoms. The second-order valence-electron chi connectivity index (χ2n) is 5.48. The van der Waals surface area contributed by atoms with E-state index in [1.54, 1.807) is 0 Å². The number of piperidine rings is 1. The lowest BCUT2D eigenvalue weighted by molar-refractivity contribution is -0.136. The lowest BCUT2D eigenvalue weighted by Crippen LogP contribution is -2.40. The SMILES string of the molecule is CN1CCCCC1COc1ccc(CCC(=O)O)cc1. The predicted octanol–water partition coefficient (Wildman–Crippen LogP) is 2.57. The van der Waals surface area contributed by atoms with Crippen molar-refractivity contribution >= 4 is 5.97 Å². The highest BCUT2D eigenvalue weighted by Gasteiger charge is 2.19. The zero-order chi connectivity index (χ0) is 14.4. The Balaban J connectivity index is 1.79.